The Labute approximate surface area is 187 Å². The van der Waals surface area contributed by atoms with Crippen LogP contribution >= 0.6 is 0 Å². The number of carbonyl (C=O) groups is 3. The number of aromatic amines is 1. The third-order valence-electron chi connectivity index (χ3n) is 5.81. The van der Waals surface area contributed by atoms with Crippen LogP contribution in [0, 0.1) is 5.92 Å². The van der Waals surface area contributed by atoms with E-state index in [4.69, 9.17) is 14.2 Å². The van der Waals surface area contributed by atoms with Crippen molar-refractivity contribution < 1.29 is 28.6 Å². The minimum absolute atomic E-state index is 0.127. The van der Waals surface area contributed by atoms with Crippen molar-refractivity contribution in [2.24, 2.45) is 5.92 Å². The number of ether oxygens (including phenoxy) is 3. The molecule has 1 aliphatic rings. The highest BCUT2D eigenvalue weighted by Crippen LogP contribution is 2.32. The molecule has 1 atom stereocenters. The molecule has 2 aromatic rings. The number of aromatic nitrogens is 1. The predicted octanol–water partition coefficient (Wildman–Crippen LogP) is 2.96. The van der Waals surface area contributed by atoms with E-state index in [-0.39, 0.29) is 30.1 Å². The van der Waals surface area contributed by atoms with Crippen molar-refractivity contribution in [2.75, 3.05) is 38.7 Å². The lowest BCUT2D eigenvalue weighted by atomic mass is 9.96. The zero-order valence-electron chi connectivity index (χ0n) is 19.0. The molecular weight excluding hydrogens is 414 g/mol. The third-order valence-corrected chi connectivity index (χ3v) is 5.81. The molecule has 1 aromatic heterocycles. The number of rotatable bonds is 8. The van der Waals surface area contributed by atoms with Crippen molar-refractivity contribution in [1.82, 2.24) is 9.88 Å². The number of esters is 2. The number of piperidine rings is 1. The molecule has 1 amide bonds. The predicted molar refractivity (Wildman–Crippen MR) is 120 cm³/mol. The SMILES string of the molecule is CCOC(=O)c1[nH]c2ccc(OC)cc2c1NC(=O)[C@H](C)N1CCC(C(=O)OCC)CC1. The van der Waals surface area contributed by atoms with Crippen LogP contribution in [0.2, 0.25) is 0 Å². The molecular formula is C23H31N3O6. The van der Waals surface area contributed by atoms with Crippen molar-refractivity contribution >= 4 is 34.4 Å². The van der Waals surface area contributed by atoms with Crippen molar-refractivity contribution in [2.45, 2.75) is 39.7 Å². The zero-order chi connectivity index (χ0) is 23.3. The second-order valence-electron chi connectivity index (χ2n) is 7.73. The van der Waals surface area contributed by atoms with Gasteiger partial charge in [0.1, 0.15) is 11.4 Å². The summed E-state index contributed by atoms with van der Waals surface area (Å²) in [5.41, 5.74) is 1.25. The van der Waals surface area contributed by atoms with Crippen molar-refractivity contribution in [1.29, 1.82) is 0 Å². The minimum Gasteiger partial charge on any atom is -0.497 e. The molecule has 0 unspecified atom stereocenters. The maximum absolute atomic E-state index is 13.1. The van der Waals surface area contributed by atoms with E-state index in [1.807, 2.05) is 11.8 Å². The van der Waals surface area contributed by atoms with E-state index in [0.717, 1.165) is 0 Å². The Morgan fingerprint density at radius 2 is 1.84 bits per heavy atom. The van der Waals surface area contributed by atoms with Crippen molar-refractivity contribution in [3.63, 3.8) is 0 Å². The average Bonchev–Trinajstić information content (AvgIpc) is 3.16. The second-order valence-corrected chi connectivity index (χ2v) is 7.73. The first-order valence-corrected chi connectivity index (χ1v) is 11.0. The van der Waals surface area contributed by atoms with E-state index in [2.05, 4.69) is 10.3 Å². The number of nitrogens with zero attached hydrogens (tertiary/aromatic N) is 1. The summed E-state index contributed by atoms with van der Waals surface area (Å²) in [7, 11) is 1.56. The van der Waals surface area contributed by atoms with Crippen LogP contribution in [-0.2, 0) is 19.1 Å². The maximum Gasteiger partial charge on any atom is 0.356 e. The highest BCUT2D eigenvalue weighted by atomic mass is 16.5. The number of fused-ring (bicyclic) bond motifs is 1. The first-order valence-electron chi connectivity index (χ1n) is 11.0. The molecule has 32 heavy (non-hydrogen) atoms. The molecule has 174 valence electrons. The lowest BCUT2D eigenvalue weighted by molar-refractivity contribution is -0.149. The van der Waals surface area contributed by atoms with Gasteiger partial charge in [-0.1, -0.05) is 0 Å². The van der Waals surface area contributed by atoms with Crippen LogP contribution in [0.25, 0.3) is 10.9 Å². The smallest absolute Gasteiger partial charge is 0.356 e. The fraction of sp³-hybridized carbons (Fsp3) is 0.522. The molecule has 3 rings (SSSR count). The van der Waals surface area contributed by atoms with E-state index in [9.17, 15) is 14.4 Å². The van der Waals surface area contributed by atoms with Crippen LogP contribution in [-0.4, -0.2) is 67.2 Å². The average molecular weight is 446 g/mol. The highest BCUT2D eigenvalue weighted by Gasteiger charge is 2.31. The topological polar surface area (TPSA) is 110 Å². The van der Waals surface area contributed by atoms with Gasteiger partial charge >= 0.3 is 11.9 Å². The van der Waals surface area contributed by atoms with Gasteiger partial charge in [-0.15, -0.1) is 0 Å². The van der Waals surface area contributed by atoms with Gasteiger partial charge < -0.3 is 24.5 Å². The van der Waals surface area contributed by atoms with Gasteiger partial charge in [0.05, 0.1) is 38.0 Å². The molecule has 2 heterocycles. The molecule has 0 radical (unpaired) electrons. The lowest BCUT2D eigenvalue weighted by Gasteiger charge is -2.34. The van der Waals surface area contributed by atoms with E-state index < -0.39 is 12.0 Å². The van der Waals surface area contributed by atoms with E-state index in [1.54, 1.807) is 39.2 Å². The Hall–Kier alpha value is -3.07. The molecule has 0 bridgehead atoms. The number of hydrogen-bond acceptors (Lipinski definition) is 7. The van der Waals surface area contributed by atoms with Gasteiger partial charge in [0.15, 0.2) is 0 Å². The third kappa shape index (κ3) is 5.04. The molecule has 0 spiro atoms. The van der Waals surface area contributed by atoms with Gasteiger partial charge in [-0.2, -0.15) is 0 Å². The van der Waals surface area contributed by atoms with Crippen LogP contribution in [0.1, 0.15) is 44.1 Å². The van der Waals surface area contributed by atoms with Gasteiger partial charge in [-0.3, -0.25) is 14.5 Å². The number of benzene rings is 1. The largest absolute Gasteiger partial charge is 0.497 e. The number of amides is 1. The quantitative estimate of drug-likeness (QED) is 0.601. The summed E-state index contributed by atoms with van der Waals surface area (Å²) < 4.78 is 15.6. The monoisotopic (exact) mass is 445 g/mol. The van der Waals surface area contributed by atoms with Gasteiger partial charge in [0.2, 0.25) is 5.91 Å². The summed E-state index contributed by atoms with van der Waals surface area (Å²) in [6.45, 7) is 7.16. The standard InChI is InChI=1S/C23H31N3O6/c1-5-31-22(28)15-9-11-26(12-10-15)14(3)21(27)25-19-17-13-16(30-4)7-8-18(17)24-20(19)23(29)32-6-2/h7-8,13-15,24H,5-6,9-12H2,1-4H3,(H,25,27)/t14-/m0/s1. The Kier molecular flexibility index (Phi) is 7.74. The van der Waals surface area contributed by atoms with Crippen LogP contribution in [0.4, 0.5) is 5.69 Å². The van der Waals surface area contributed by atoms with Crippen LogP contribution < -0.4 is 10.1 Å². The molecule has 2 N–H and O–H groups in total. The summed E-state index contributed by atoms with van der Waals surface area (Å²) in [6.07, 6.45) is 1.30. The van der Waals surface area contributed by atoms with Crippen LogP contribution in [0.3, 0.4) is 0 Å². The maximum atomic E-state index is 13.1. The number of likely N-dealkylation sites (tertiary alicyclic amines) is 1. The summed E-state index contributed by atoms with van der Waals surface area (Å²) >= 11 is 0. The number of nitrogens with one attached hydrogen (secondary N) is 2. The first kappa shape index (κ1) is 23.6. The summed E-state index contributed by atoms with van der Waals surface area (Å²) in [5, 5.41) is 3.58. The lowest BCUT2D eigenvalue weighted by Crippen LogP contribution is -2.47. The number of hydrogen-bond donors (Lipinski definition) is 2. The van der Waals surface area contributed by atoms with E-state index >= 15 is 0 Å². The van der Waals surface area contributed by atoms with Crippen LogP contribution in [0.15, 0.2) is 18.2 Å². The molecule has 9 heteroatoms. The highest BCUT2D eigenvalue weighted by molar-refractivity contribution is 6.12. The van der Waals surface area contributed by atoms with Crippen molar-refractivity contribution in [3.8, 4) is 5.75 Å². The molecule has 1 aliphatic heterocycles. The molecule has 1 saturated heterocycles. The molecule has 1 aromatic carbocycles. The Morgan fingerprint density at radius 1 is 1.16 bits per heavy atom. The van der Waals surface area contributed by atoms with Gasteiger partial charge in [-0.25, -0.2) is 4.79 Å². The Bertz CT molecular complexity index is 978. The number of methoxy groups -OCH3 is 1. The fourth-order valence-corrected chi connectivity index (χ4v) is 3.96. The zero-order valence-corrected chi connectivity index (χ0v) is 19.0. The molecule has 1 fully saturated rings. The second kappa shape index (κ2) is 10.5. The van der Waals surface area contributed by atoms with E-state index in [0.29, 0.717) is 54.9 Å². The summed E-state index contributed by atoms with van der Waals surface area (Å²) in [4.78, 5) is 42.7. The van der Waals surface area contributed by atoms with Gasteiger partial charge in [-0.05, 0) is 64.9 Å². The van der Waals surface area contributed by atoms with Crippen LogP contribution in [0.5, 0.6) is 5.75 Å². The summed E-state index contributed by atoms with van der Waals surface area (Å²) in [6, 6.07) is 4.88. The Balaban J connectivity index is 1.77. The molecule has 0 saturated carbocycles. The normalized spacial score (nSPS) is 15.9. The first-order chi connectivity index (χ1) is 15.4. The van der Waals surface area contributed by atoms with Gasteiger partial charge in [0.25, 0.3) is 0 Å². The number of carbonyl (C=O) groups excluding carboxylic acids is 3. The Morgan fingerprint density at radius 3 is 2.47 bits per heavy atom. The fourth-order valence-electron chi connectivity index (χ4n) is 3.96. The molecule has 0 aliphatic carbocycles. The molecule has 9 nitrogen and oxygen atoms in total. The van der Waals surface area contributed by atoms with Gasteiger partial charge in [0, 0.05) is 10.9 Å². The summed E-state index contributed by atoms with van der Waals surface area (Å²) in [5.74, 6) is -0.472. The number of H-pyrrole nitrogens is 1. The van der Waals surface area contributed by atoms with Crippen molar-refractivity contribution in [3.05, 3.63) is 23.9 Å². The number of anilines is 1. The van der Waals surface area contributed by atoms with E-state index in [1.165, 1.54) is 0 Å². The minimum atomic E-state index is -0.541.